The molecule has 4 nitrogen and oxygen atoms in total. The Labute approximate surface area is 123 Å². The molecule has 2 aromatic rings. The molecule has 0 aliphatic rings. The first-order chi connectivity index (χ1) is 9.68. The summed E-state index contributed by atoms with van der Waals surface area (Å²) in [6.45, 7) is 1.73. The number of alkyl halides is 3. The van der Waals surface area contributed by atoms with Gasteiger partial charge in [0.05, 0.1) is 11.3 Å². The van der Waals surface area contributed by atoms with Crippen LogP contribution in [0.4, 0.5) is 18.9 Å². The van der Waals surface area contributed by atoms with E-state index in [9.17, 15) is 18.0 Å². The summed E-state index contributed by atoms with van der Waals surface area (Å²) in [4.78, 5) is 12.0. The van der Waals surface area contributed by atoms with Crippen LogP contribution in [0.25, 0.3) is 0 Å². The maximum absolute atomic E-state index is 12.9. The van der Waals surface area contributed by atoms with Gasteiger partial charge in [0.2, 0.25) is 0 Å². The third kappa shape index (κ3) is 3.36. The van der Waals surface area contributed by atoms with Gasteiger partial charge in [0.1, 0.15) is 0 Å². The quantitative estimate of drug-likeness (QED) is 0.919. The minimum atomic E-state index is -4.62. The van der Waals surface area contributed by atoms with Crippen LogP contribution in [0.2, 0.25) is 5.02 Å². The van der Waals surface area contributed by atoms with E-state index in [0.29, 0.717) is 5.69 Å². The van der Waals surface area contributed by atoms with Crippen molar-refractivity contribution in [3.63, 3.8) is 0 Å². The van der Waals surface area contributed by atoms with Gasteiger partial charge in [0.15, 0.2) is 5.69 Å². The zero-order chi connectivity index (χ0) is 15.8. The smallest absolute Gasteiger partial charge is 0.320 e. The number of aryl methyl sites for hydroxylation is 2. The Bertz CT molecular complexity index is 675. The summed E-state index contributed by atoms with van der Waals surface area (Å²) in [6, 6.07) is 4.63. The van der Waals surface area contributed by atoms with Crippen molar-refractivity contribution in [3.8, 4) is 0 Å². The van der Waals surface area contributed by atoms with Gasteiger partial charge in [0, 0.05) is 17.8 Å². The molecule has 1 aromatic carbocycles. The molecule has 0 atom stereocenters. The van der Waals surface area contributed by atoms with E-state index < -0.39 is 17.6 Å². The van der Waals surface area contributed by atoms with E-state index >= 15 is 0 Å². The second kappa shape index (κ2) is 5.40. The van der Waals surface area contributed by atoms with E-state index in [1.54, 1.807) is 14.0 Å². The zero-order valence-electron chi connectivity index (χ0n) is 11.1. The Kier molecular flexibility index (Phi) is 3.95. The van der Waals surface area contributed by atoms with Gasteiger partial charge in [0.25, 0.3) is 5.91 Å². The van der Waals surface area contributed by atoms with Crippen LogP contribution in [0, 0.1) is 6.92 Å². The topological polar surface area (TPSA) is 46.9 Å². The standard InChI is InChI=1S/C13H11ClF3N3O/c1-7-5-11(19-20(7)2)12(21)18-10-4-3-8(14)6-9(10)13(15,16)17/h3-6H,1-2H3,(H,18,21). The SMILES string of the molecule is Cc1cc(C(=O)Nc2ccc(Cl)cc2C(F)(F)F)nn1C. The molecule has 0 spiro atoms. The molecule has 1 N–H and O–H groups in total. The number of hydrogen-bond donors (Lipinski definition) is 1. The van der Waals surface area contributed by atoms with Gasteiger partial charge in [-0.1, -0.05) is 11.6 Å². The summed E-state index contributed by atoms with van der Waals surface area (Å²) < 4.78 is 40.2. The van der Waals surface area contributed by atoms with Crippen molar-refractivity contribution < 1.29 is 18.0 Å². The minimum Gasteiger partial charge on any atom is -0.320 e. The van der Waals surface area contributed by atoms with Crippen LogP contribution in [-0.2, 0) is 13.2 Å². The Hall–Kier alpha value is -2.02. The van der Waals surface area contributed by atoms with Crippen LogP contribution in [-0.4, -0.2) is 15.7 Å². The summed E-state index contributed by atoms with van der Waals surface area (Å²) in [5, 5.41) is 6.06. The lowest BCUT2D eigenvalue weighted by molar-refractivity contribution is -0.136. The summed E-state index contributed by atoms with van der Waals surface area (Å²) in [6.07, 6.45) is -4.62. The molecule has 0 saturated carbocycles. The Morgan fingerprint density at radius 1 is 1.33 bits per heavy atom. The molecule has 0 saturated heterocycles. The first kappa shape index (κ1) is 15.4. The summed E-state index contributed by atoms with van der Waals surface area (Å²) in [5.74, 6) is -0.716. The van der Waals surface area contributed by atoms with Crippen molar-refractivity contribution in [2.24, 2.45) is 7.05 Å². The number of rotatable bonds is 2. The van der Waals surface area contributed by atoms with Gasteiger partial charge in [-0.3, -0.25) is 9.48 Å². The minimum absolute atomic E-state index is 0.0399. The van der Waals surface area contributed by atoms with E-state index in [-0.39, 0.29) is 16.4 Å². The first-order valence-electron chi connectivity index (χ1n) is 5.87. The molecule has 1 aromatic heterocycles. The Morgan fingerprint density at radius 2 is 2.00 bits per heavy atom. The predicted octanol–water partition coefficient (Wildman–Crippen LogP) is 3.65. The molecule has 8 heteroatoms. The highest BCUT2D eigenvalue weighted by atomic mass is 35.5. The average Bonchev–Trinajstić information content (AvgIpc) is 2.71. The monoisotopic (exact) mass is 317 g/mol. The molecule has 0 bridgehead atoms. The molecule has 0 fully saturated rings. The number of nitrogens with zero attached hydrogens (tertiary/aromatic N) is 2. The Balaban J connectivity index is 2.33. The maximum Gasteiger partial charge on any atom is 0.418 e. The Morgan fingerprint density at radius 3 is 2.52 bits per heavy atom. The highest BCUT2D eigenvalue weighted by Gasteiger charge is 2.34. The lowest BCUT2D eigenvalue weighted by Gasteiger charge is -2.13. The fourth-order valence-electron chi connectivity index (χ4n) is 1.72. The van der Waals surface area contributed by atoms with Crippen molar-refractivity contribution in [3.05, 3.63) is 46.2 Å². The molecule has 0 aliphatic heterocycles. The molecule has 21 heavy (non-hydrogen) atoms. The second-order valence-corrected chi connectivity index (χ2v) is 4.87. The van der Waals surface area contributed by atoms with E-state index in [2.05, 4.69) is 10.4 Å². The lowest BCUT2D eigenvalue weighted by Crippen LogP contribution is -2.17. The highest BCUT2D eigenvalue weighted by Crippen LogP contribution is 2.36. The van der Waals surface area contributed by atoms with Gasteiger partial charge in [-0.25, -0.2) is 0 Å². The number of amides is 1. The third-order valence-corrected chi connectivity index (χ3v) is 3.12. The van der Waals surface area contributed by atoms with Crippen molar-refractivity contribution >= 4 is 23.2 Å². The largest absolute Gasteiger partial charge is 0.418 e. The number of hydrogen-bond acceptors (Lipinski definition) is 2. The molecule has 1 amide bonds. The van der Waals surface area contributed by atoms with Gasteiger partial charge < -0.3 is 5.32 Å². The predicted molar refractivity (Wildman–Crippen MR) is 72.4 cm³/mol. The highest BCUT2D eigenvalue weighted by molar-refractivity contribution is 6.30. The normalized spacial score (nSPS) is 11.5. The van der Waals surface area contributed by atoms with Gasteiger partial charge in [-0.15, -0.1) is 0 Å². The first-order valence-corrected chi connectivity index (χ1v) is 6.25. The van der Waals surface area contributed by atoms with E-state index in [1.807, 2.05) is 0 Å². The molecular weight excluding hydrogens is 307 g/mol. The molecule has 2 rings (SSSR count). The number of nitrogens with one attached hydrogen (secondary N) is 1. The number of benzene rings is 1. The van der Waals surface area contributed by atoms with Crippen LogP contribution in [0.5, 0.6) is 0 Å². The number of aromatic nitrogens is 2. The van der Waals surface area contributed by atoms with E-state index in [0.717, 1.165) is 12.1 Å². The lowest BCUT2D eigenvalue weighted by atomic mass is 10.1. The average molecular weight is 318 g/mol. The number of carbonyl (C=O) groups is 1. The number of carbonyl (C=O) groups excluding carboxylic acids is 1. The second-order valence-electron chi connectivity index (χ2n) is 4.44. The fourth-order valence-corrected chi connectivity index (χ4v) is 1.89. The zero-order valence-corrected chi connectivity index (χ0v) is 11.9. The molecular formula is C13H11ClF3N3O. The van der Waals surface area contributed by atoms with Crippen LogP contribution in [0.3, 0.4) is 0 Å². The van der Waals surface area contributed by atoms with Gasteiger partial charge in [-0.05, 0) is 31.2 Å². The summed E-state index contributed by atoms with van der Waals surface area (Å²) >= 11 is 5.57. The molecule has 112 valence electrons. The van der Waals surface area contributed by atoms with Crippen LogP contribution in [0.15, 0.2) is 24.3 Å². The van der Waals surface area contributed by atoms with Crippen molar-refractivity contribution in [2.45, 2.75) is 13.1 Å². The fraction of sp³-hybridized carbons (Fsp3) is 0.231. The van der Waals surface area contributed by atoms with E-state index in [4.69, 9.17) is 11.6 Å². The van der Waals surface area contributed by atoms with Gasteiger partial charge >= 0.3 is 6.18 Å². The van der Waals surface area contributed by atoms with Crippen LogP contribution >= 0.6 is 11.6 Å². The molecule has 0 radical (unpaired) electrons. The summed E-state index contributed by atoms with van der Waals surface area (Å²) in [7, 11) is 1.63. The van der Waals surface area contributed by atoms with Crippen molar-refractivity contribution in [1.82, 2.24) is 9.78 Å². The summed E-state index contributed by atoms with van der Waals surface area (Å²) in [5.41, 5.74) is -0.610. The molecule has 0 aliphatic carbocycles. The van der Waals surface area contributed by atoms with Crippen LogP contribution in [0.1, 0.15) is 21.7 Å². The maximum atomic E-state index is 12.9. The van der Waals surface area contributed by atoms with Crippen molar-refractivity contribution in [1.29, 1.82) is 0 Å². The van der Waals surface area contributed by atoms with E-state index in [1.165, 1.54) is 16.8 Å². The third-order valence-electron chi connectivity index (χ3n) is 2.88. The number of halogens is 4. The van der Waals surface area contributed by atoms with Gasteiger partial charge in [-0.2, -0.15) is 18.3 Å². The van der Waals surface area contributed by atoms with Crippen molar-refractivity contribution in [2.75, 3.05) is 5.32 Å². The number of anilines is 1. The molecule has 1 heterocycles. The van der Waals surface area contributed by atoms with Crippen LogP contribution < -0.4 is 5.32 Å². The molecule has 0 unspecified atom stereocenters.